The molecule has 1 heteroatoms. The normalized spacial score (nSPS) is 12.1. The molecule has 0 bridgehead atoms. The van der Waals surface area contributed by atoms with Crippen LogP contribution in [-0.4, -0.2) is 8.07 Å². The van der Waals surface area contributed by atoms with Crippen LogP contribution in [0.15, 0.2) is 72.6 Å². The first-order chi connectivity index (χ1) is 10.1. The van der Waals surface area contributed by atoms with E-state index in [0.717, 1.165) is 5.56 Å². The van der Waals surface area contributed by atoms with Crippen molar-refractivity contribution < 1.29 is 0 Å². The maximum absolute atomic E-state index is 3.78. The molecule has 2 aromatic carbocycles. The molecule has 0 spiro atoms. The van der Waals surface area contributed by atoms with E-state index in [4.69, 9.17) is 0 Å². The minimum Gasteiger partial charge on any atom is -0.0985 e. The third-order valence-corrected chi connectivity index (χ3v) is 5.43. The molecule has 2 rings (SSSR count). The van der Waals surface area contributed by atoms with Crippen LogP contribution in [0.4, 0.5) is 0 Å². The van der Waals surface area contributed by atoms with Crippen LogP contribution in [0.5, 0.6) is 0 Å². The van der Waals surface area contributed by atoms with Gasteiger partial charge in [-0.1, -0.05) is 104 Å². The quantitative estimate of drug-likeness (QED) is 0.606. The second-order valence-electron chi connectivity index (χ2n) is 5.77. The molecule has 2 aromatic rings. The zero-order valence-electron chi connectivity index (χ0n) is 12.8. The Morgan fingerprint density at radius 2 is 1.19 bits per heavy atom. The van der Waals surface area contributed by atoms with Gasteiger partial charge in [0.05, 0.1) is 8.07 Å². The number of rotatable bonds is 5. The van der Waals surface area contributed by atoms with Crippen LogP contribution in [-0.2, 0) is 0 Å². The lowest BCUT2D eigenvalue weighted by Crippen LogP contribution is -2.18. The molecule has 0 N–H and O–H groups in total. The lowest BCUT2D eigenvalue weighted by atomic mass is 10.1. The highest BCUT2D eigenvalue weighted by Crippen LogP contribution is 2.13. The van der Waals surface area contributed by atoms with Gasteiger partial charge in [0.1, 0.15) is 0 Å². The largest absolute Gasteiger partial charge is 0.0985 e. The molecule has 0 aromatic heterocycles. The van der Waals surface area contributed by atoms with E-state index >= 15 is 0 Å². The average molecular weight is 290 g/mol. The van der Waals surface area contributed by atoms with Crippen molar-refractivity contribution in [3.05, 3.63) is 89.3 Å². The van der Waals surface area contributed by atoms with Gasteiger partial charge in [-0.3, -0.25) is 0 Å². The van der Waals surface area contributed by atoms with E-state index in [1.807, 2.05) is 12.1 Å². The first-order valence-electron chi connectivity index (χ1n) is 7.25. The molecule has 0 unspecified atom stereocenters. The molecule has 0 aliphatic carbocycles. The van der Waals surface area contributed by atoms with Crippen LogP contribution in [0.25, 0.3) is 18.2 Å². The van der Waals surface area contributed by atoms with E-state index < -0.39 is 8.07 Å². The first-order valence-corrected chi connectivity index (χ1v) is 10.4. The van der Waals surface area contributed by atoms with Crippen LogP contribution in [0, 0.1) is 0 Å². The van der Waals surface area contributed by atoms with E-state index in [1.54, 1.807) is 0 Å². The summed E-state index contributed by atoms with van der Waals surface area (Å²) >= 11 is 0. The summed E-state index contributed by atoms with van der Waals surface area (Å²) in [5.74, 6) is 0. The van der Waals surface area contributed by atoms with Crippen molar-refractivity contribution in [2.75, 3.05) is 0 Å². The summed E-state index contributed by atoms with van der Waals surface area (Å²) in [4.78, 5) is 0. The topological polar surface area (TPSA) is 0 Å². The van der Waals surface area contributed by atoms with Gasteiger partial charge in [0.15, 0.2) is 0 Å². The van der Waals surface area contributed by atoms with E-state index in [1.165, 1.54) is 11.1 Å². The average Bonchev–Trinajstić information content (AvgIpc) is 2.53. The highest BCUT2D eigenvalue weighted by molar-refractivity contribution is 6.87. The van der Waals surface area contributed by atoms with Gasteiger partial charge in [-0.05, 0) is 16.7 Å². The van der Waals surface area contributed by atoms with Gasteiger partial charge in [-0.2, -0.15) is 0 Å². The van der Waals surface area contributed by atoms with E-state index in [0.29, 0.717) is 0 Å². The summed E-state index contributed by atoms with van der Waals surface area (Å²) < 4.78 is 0. The van der Waals surface area contributed by atoms with Gasteiger partial charge in [0.25, 0.3) is 0 Å². The fraction of sp³-hybridized carbons (Fsp3) is 0.100. The molecule has 0 amide bonds. The molecule has 0 fully saturated rings. The van der Waals surface area contributed by atoms with Gasteiger partial charge >= 0.3 is 0 Å². The minimum absolute atomic E-state index is 1.16. The van der Waals surface area contributed by atoms with Crippen LogP contribution in [0.2, 0.25) is 13.1 Å². The molecule has 0 saturated heterocycles. The van der Waals surface area contributed by atoms with Gasteiger partial charge in [0, 0.05) is 0 Å². The highest BCUT2D eigenvalue weighted by Gasteiger charge is 2.11. The van der Waals surface area contributed by atoms with Crippen molar-refractivity contribution in [3.8, 4) is 0 Å². The molecular weight excluding hydrogens is 268 g/mol. The van der Waals surface area contributed by atoms with E-state index in [-0.39, 0.29) is 0 Å². The number of hydrogen-bond acceptors (Lipinski definition) is 0. The lowest BCUT2D eigenvalue weighted by Gasteiger charge is -2.11. The maximum Gasteiger partial charge on any atom is 0.0954 e. The molecule has 0 nitrogen and oxygen atoms in total. The Bertz CT molecular complexity index is 631. The summed E-state index contributed by atoms with van der Waals surface area (Å²) in [6.07, 6.45) is 6.33. The molecular formula is C20H22Si. The predicted molar refractivity (Wildman–Crippen MR) is 98.5 cm³/mol. The van der Waals surface area contributed by atoms with E-state index in [2.05, 4.69) is 91.8 Å². The molecule has 0 radical (unpaired) electrons. The summed E-state index contributed by atoms with van der Waals surface area (Å²) in [6.45, 7) is 8.48. The third kappa shape index (κ3) is 5.05. The van der Waals surface area contributed by atoms with Gasteiger partial charge in [-0.25, -0.2) is 0 Å². The second kappa shape index (κ2) is 7.05. The fourth-order valence-corrected chi connectivity index (χ4v) is 3.34. The Morgan fingerprint density at radius 1 is 0.714 bits per heavy atom. The number of benzene rings is 2. The minimum atomic E-state index is -1.47. The number of hydrogen-bond donors (Lipinski definition) is 0. The monoisotopic (exact) mass is 290 g/mol. The molecule has 0 aliphatic heterocycles. The van der Waals surface area contributed by atoms with Crippen molar-refractivity contribution in [2.24, 2.45) is 0 Å². The summed E-state index contributed by atoms with van der Waals surface area (Å²) in [6, 6.07) is 18.9. The van der Waals surface area contributed by atoms with Gasteiger partial charge in [0.2, 0.25) is 0 Å². The van der Waals surface area contributed by atoms with Crippen LogP contribution >= 0.6 is 0 Å². The van der Waals surface area contributed by atoms with Crippen LogP contribution in [0.1, 0.15) is 16.7 Å². The second-order valence-corrected chi connectivity index (χ2v) is 10.1. The van der Waals surface area contributed by atoms with E-state index in [9.17, 15) is 0 Å². The molecule has 21 heavy (non-hydrogen) atoms. The molecule has 0 atom stereocenters. The van der Waals surface area contributed by atoms with Crippen LogP contribution in [0.3, 0.4) is 0 Å². The van der Waals surface area contributed by atoms with Gasteiger partial charge < -0.3 is 0 Å². The summed E-state index contributed by atoms with van der Waals surface area (Å²) in [7, 11) is -1.47. The Hall–Kier alpha value is -2.12. The Kier molecular flexibility index (Phi) is 5.13. The molecule has 106 valence electrons. The SMILES string of the molecule is C=Cc1ccc(C=C[Si](C)(C)C=Cc2ccccc2)cc1. The Balaban J connectivity index is 2.07. The zero-order chi connectivity index (χ0) is 15.1. The standard InChI is InChI=1S/C20H22Si/c1-4-18-10-12-20(13-11-18)15-17-21(2,3)16-14-19-8-6-5-7-9-19/h4-17H,1H2,2-3H3. The van der Waals surface area contributed by atoms with Crippen molar-refractivity contribution >= 4 is 26.3 Å². The van der Waals surface area contributed by atoms with Crippen LogP contribution < -0.4 is 0 Å². The van der Waals surface area contributed by atoms with Crippen molar-refractivity contribution in [1.82, 2.24) is 0 Å². The van der Waals surface area contributed by atoms with Crippen molar-refractivity contribution in [2.45, 2.75) is 13.1 Å². The Morgan fingerprint density at radius 3 is 1.71 bits per heavy atom. The lowest BCUT2D eigenvalue weighted by molar-refractivity contribution is 1.62. The smallest absolute Gasteiger partial charge is 0.0954 e. The third-order valence-electron chi connectivity index (χ3n) is 3.38. The maximum atomic E-state index is 3.78. The molecule has 0 heterocycles. The molecule has 0 aliphatic rings. The van der Waals surface area contributed by atoms with Crippen molar-refractivity contribution in [1.29, 1.82) is 0 Å². The Labute approximate surface area is 129 Å². The first kappa shape index (κ1) is 15.3. The van der Waals surface area contributed by atoms with Gasteiger partial charge in [-0.15, -0.1) is 0 Å². The highest BCUT2D eigenvalue weighted by atomic mass is 28.3. The molecule has 0 saturated carbocycles. The zero-order valence-corrected chi connectivity index (χ0v) is 13.8. The predicted octanol–water partition coefficient (Wildman–Crippen LogP) is 5.84. The summed E-state index contributed by atoms with van der Waals surface area (Å²) in [5.41, 5.74) is 8.41. The fourth-order valence-electron chi connectivity index (χ4n) is 1.98. The summed E-state index contributed by atoms with van der Waals surface area (Å²) in [5, 5.41) is 0. The van der Waals surface area contributed by atoms with Crippen molar-refractivity contribution in [3.63, 3.8) is 0 Å².